The lowest BCUT2D eigenvalue weighted by Crippen LogP contribution is -2.40. The number of unbranched alkanes of at least 4 members (excludes halogenated alkanes) is 27. The number of carbonyl (C=O) groups is 4. The van der Waals surface area contributed by atoms with Gasteiger partial charge in [0.2, 0.25) is 0 Å². The third-order valence-electron chi connectivity index (χ3n) is 16.5. The normalized spacial score (nSPS) is 13.6. The molecule has 6 aromatic carbocycles. The fourth-order valence-corrected chi connectivity index (χ4v) is 12.5. The van der Waals surface area contributed by atoms with E-state index in [1.54, 1.807) is 12.1 Å². The Balaban J connectivity index is 1.08. The maximum Gasteiger partial charge on any atom is 0.265 e. The molecule has 4 amide bonds. The first-order chi connectivity index (χ1) is 35.4. The summed E-state index contributed by atoms with van der Waals surface area (Å²) >= 11 is 0. The highest BCUT2D eigenvalue weighted by Crippen LogP contribution is 2.46. The van der Waals surface area contributed by atoms with E-state index in [-0.39, 0.29) is 11.8 Å². The molecule has 0 saturated heterocycles. The number of anilines is 1. The van der Waals surface area contributed by atoms with Gasteiger partial charge in [0.15, 0.2) is 0 Å². The number of benzene rings is 6. The number of imide groups is 2. The smallest absolute Gasteiger partial charge is 0.265 e. The summed E-state index contributed by atoms with van der Waals surface area (Å²) in [7, 11) is 0. The molecule has 6 aromatic rings. The molecule has 0 bridgehead atoms. The zero-order valence-electron chi connectivity index (χ0n) is 44.7. The van der Waals surface area contributed by atoms with E-state index in [9.17, 15) is 9.59 Å². The van der Waals surface area contributed by atoms with Gasteiger partial charge in [0.25, 0.3) is 23.6 Å². The summed E-state index contributed by atoms with van der Waals surface area (Å²) in [5, 5.41) is 9.20. The van der Waals surface area contributed by atoms with Gasteiger partial charge in [0.1, 0.15) is 0 Å². The van der Waals surface area contributed by atoms with Gasteiger partial charge in [-0.3, -0.25) is 24.5 Å². The fourth-order valence-electron chi connectivity index (χ4n) is 12.5. The number of nitrogens with zero attached hydrogens (tertiary/aromatic N) is 1. The first-order valence-corrected chi connectivity index (χ1v) is 29.5. The van der Waals surface area contributed by atoms with Crippen molar-refractivity contribution in [2.75, 3.05) is 4.90 Å². The second-order valence-electron chi connectivity index (χ2n) is 21.9. The zero-order chi connectivity index (χ0) is 50.2. The van der Waals surface area contributed by atoms with Crippen LogP contribution in [0, 0.1) is 0 Å². The summed E-state index contributed by atoms with van der Waals surface area (Å²) in [4.78, 5) is 57.9. The maximum atomic E-state index is 15.2. The van der Waals surface area contributed by atoms with Crippen LogP contribution in [0.1, 0.15) is 272 Å². The lowest BCUT2D eigenvalue weighted by Gasteiger charge is -2.30. The Kier molecular flexibility index (Phi) is 19.8. The van der Waals surface area contributed by atoms with Crippen LogP contribution in [0.5, 0.6) is 0 Å². The molecule has 6 nitrogen and oxygen atoms in total. The predicted octanol–water partition coefficient (Wildman–Crippen LogP) is 18.8. The Morgan fingerprint density at radius 2 is 0.625 bits per heavy atom. The monoisotopic (exact) mass is 971 g/mol. The van der Waals surface area contributed by atoms with Crippen LogP contribution in [0.15, 0.2) is 60.7 Å². The summed E-state index contributed by atoms with van der Waals surface area (Å²) in [6, 6.07) is 19.8. The second kappa shape index (κ2) is 26.7. The number of hydrogen-bond donors (Lipinski definition) is 1. The number of hydrogen-bond acceptors (Lipinski definition) is 4. The van der Waals surface area contributed by atoms with Crippen LogP contribution in [0.3, 0.4) is 0 Å². The van der Waals surface area contributed by atoms with Crippen molar-refractivity contribution in [3.05, 3.63) is 99.6 Å². The topological polar surface area (TPSA) is 83.6 Å². The quantitative estimate of drug-likeness (QED) is 0.0189. The van der Waals surface area contributed by atoms with E-state index in [1.165, 1.54) is 201 Å². The van der Waals surface area contributed by atoms with Crippen molar-refractivity contribution in [2.24, 2.45) is 0 Å². The highest BCUT2D eigenvalue weighted by atomic mass is 16.2. The second-order valence-corrected chi connectivity index (χ2v) is 21.9. The third-order valence-corrected chi connectivity index (χ3v) is 16.5. The predicted molar refractivity (Wildman–Crippen MR) is 304 cm³/mol. The van der Waals surface area contributed by atoms with Crippen LogP contribution in [0.2, 0.25) is 0 Å². The molecule has 72 heavy (non-hydrogen) atoms. The van der Waals surface area contributed by atoms with Crippen LogP contribution in [-0.4, -0.2) is 23.6 Å². The van der Waals surface area contributed by atoms with Gasteiger partial charge < -0.3 is 0 Å². The molecule has 0 atom stereocenters. The molecular formula is C66H86N2O4. The van der Waals surface area contributed by atoms with Crippen molar-refractivity contribution >= 4 is 72.4 Å². The van der Waals surface area contributed by atoms with Crippen molar-refractivity contribution in [3.8, 4) is 0 Å². The molecular weight excluding hydrogens is 885 g/mol. The van der Waals surface area contributed by atoms with Crippen LogP contribution < -0.4 is 10.2 Å². The van der Waals surface area contributed by atoms with Gasteiger partial charge in [-0.2, -0.15) is 0 Å². The molecule has 2 aliphatic rings. The summed E-state index contributed by atoms with van der Waals surface area (Å²) in [5.41, 5.74) is 6.92. The Morgan fingerprint density at radius 3 is 0.972 bits per heavy atom. The molecule has 0 saturated carbocycles. The Morgan fingerprint density at radius 1 is 0.333 bits per heavy atom. The molecule has 0 fully saturated rings. The zero-order valence-corrected chi connectivity index (χ0v) is 44.7. The Bertz CT molecular complexity index is 2640. The van der Waals surface area contributed by atoms with Crippen molar-refractivity contribution in [2.45, 2.75) is 233 Å². The Labute approximate surface area is 432 Å². The molecule has 8 rings (SSSR count). The first-order valence-electron chi connectivity index (χ1n) is 29.5. The molecule has 0 unspecified atom stereocenters. The fraction of sp³-hybridized carbons (Fsp3) is 0.545. The number of rotatable bonds is 34. The van der Waals surface area contributed by atoms with Gasteiger partial charge in [-0.25, -0.2) is 4.90 Å². The first kappa shape index (κ1) is 53.2. The van der Waals surface area contributed by atoms with Gasteiger partial charge in [0.05, 0.1) is 5.69 Å². The molecule has 2 aliphatic heterocycles. The van der Waals surface area contributed by atoms with E-state index >= 15 is 9.59 Å². The molecule has 1 N–H and O–H groups in total. The van der Waals surface area contributed by atoms with Gasteiger partial charge >= 0.3 is 0 Å². The molecule has 0 aromatic heterocycles. The third kappa shape index (κ3) is 12.3. The van der Waals surface area contributed by atoms with Crippen molar-refractivity contribution in [3.63, 3.8) is 0 Å². The molecule has 0 radical (unpaired) electrons. The highest BCUT2D eigenvalue weighted by Gasteiger charge is 2.37. The van der Waals surface area contributed by atoms with E-state index in [2.05, 4.69) is 38.2 Å². The molecule has 6 heteroatoms. The van der Waals surface area contributed by atoms with Crippen LogP contribution in [-0.2, 0) is 19.3 Å². The van der Waals surface area contributed by atoms with Crippen molar-refractivity contribution < 1.29 is 19.2 Å². The summed E-state index contributed by atoms with van der Waals surface area (Å²) in [6.45, 7) is 6.86. The lowest BCUT2D eigenvalue weighted by atomic mass is 9.82. The molecule has 0 aliphatic carbocycles. The summed E-state index contributed by atoms with van der Waals surface area (Å²) in [6.07, 6.45) is 42.0. The van der Waals surface area contributed by atoms with E-state index in [1.807, 2.05) is 36.4 Å². The van der Waals surface area contributed by atoms with Gasteiger partial charge in [-0.05, 0) is 124 Å². The maximum absolute atomic E-state index is 15.2. The minimum atomic E-state index is -0.395. The van der Waals surface area contributed by atoms with E-state index < -0.39 is 11.8 Å². The van der Waals surface area contributed by atoms with Crippen LogP contribution >= 0.6 is 0 Å². The summed E-state index contributed by atoms with van der Waals surface area (Å²) in [5.74, 6) is -1.33. The standard InChI is InChI=1S/C66H86N2O4/c1-4-7-10-13-16-19-22-25-28-31-34-47-45-49(46-48(35-32-29-26-23-20-17-14-11-8-5-2)50(47)36-33-30-27-24-21-18-15-12-9-6-3)68-65(71)57-43-39-53-51-37-41-55-61-56(64(70)67-63(55)69)42-38-52(59(51)61)54-40-44-58(66(68)72)62(57)60(53)54/h37-46H,4-36H2,1-3H3,(H,67,69,70). The van der Waals surface area contributed by atoms with Crippen LogP contribution in [0.4, 0.5) is 5.69 Å². The molecule has 384 valence electrons. The molecule has 0 spiro atoms. The number of nitrogens with one attached hydrogen (secondary N) is 1. The lowest BCUT2D eigenvalue weighted by molar-refractivity contribution is 0.0840. The SMILES string of the molecule is CCCCCCCCCCCCc1cc(N2C(=O)c3ccc4c5ccc6c7c(ccc(c8ccc(c3c48)C2=O)c75)C(=O)NC6=O)cc(CCCCCCCCCCCC)c1CCCCCCCCCCCC. The minimum Gasteiger partial charge on any atom is -0.288 e. The number of fused-ring (bicyclic) bond motifs is 2. The number of aryl methyl sites for hydroxylation is 2. The highest BCUT2D eigenvalue weighted by molar-refractivity contribution is 6.43. The molecule has 2 heterocycles. The largest absolute Gasteiger partial charge is 0.288 e. The number of carbonyl (C=O) groups excluding carboxylic acids is 4. The van der Waals surface area contributed by atoms with Crippen molar-refractivity contribution in [1.29, 1.82) is 0 Å². The average Bonchev–Trinajstić information content (AvgIpc) is 3.38. The van der Waals surface area contributed by atoms with Crippen molar-refractivity contribution in [1.82, 2.24) is 5.32 Å². The summed E-state index contributed by atoms with van der Waals surface area (Å²) < 4.78 is 0. The Hall–Kier alpha value is -5.10. The van der Waals surface area contributed by atoms with Crippen LogP contribution in [0.25, 0.3) is 43.1 Å². The van der Waals surface area contributed by atoms with E-state index in [4.69, 9.17) is 0 Å². The average molecular weight is 971 g/mol. The number of amides is 4. The van der Waals surface area contributed by atoms with E-state index in [0.717, 1.165) is 64.4 Å². The minimum absolute atomic E-state index is 0.272. The van der Waals surface area contributed by atoms with E-state index in [0.29, 0.717) is 38.7 Å². The van der Waals surface area contributed by atoms with Gasteiger partial charge in [0, 0.05) is 33.0 Å². The van der Waals surface area contributed by atoms with Gasteiger partial charge in [-0.15, -0.1) is 0 Å². The van der Waals surface area contributed by atoms with Gasteiger partial charge in [-0.1, -0.05) is 218 Å².